The Bertz CT molecular complexity index is 1290. The Morgan fingerprint density at radius 2 is 1.88 bits per heavy atom. The van der Waals surface area contributed by atoms with Crippen LogP contribution >= 0.6 is 0 Å². The van der Waals surface area contributed by atoms with E-state index in [4.69, 9.17) is 9.51 Å². The summed E-state index contributed by atoms with van der Waals surface area (Å²) in [4.78, 5) is 20.8. The molecular formula is C25H28N8O. The van der Waals surface area contributed by atoms with Gasteiger partial charge in [0.1, 0.15) is 0 Å². The van der Waals surface area contributed by atoms with E-state index in [1.807, 2.05) is 24.7 Å². The van der Waals surface area contributed by atoms with Crippen molar-refractivity contribution >= 4 is 5.95 Å². The minimum atomic E-state index is -0.479. The van der Waals surface area contributed by atoms with E-state index in [0.29, 0.717) is 17.8 Å². The van der Waals surface area contributed by atoms with Crippen molar-refractivity contribution in [3.63, 3.8) is 0 Å². The van der Waals surface area contributed by atoms with Crippen LogP contribution in [-0.4, -0.2) is 41.3 Å². The SMILES string of the molecule is CC1=CCC(C)N1c1ncc(-c2ccc(C(C)(c3noc(-c4cn[nH]c4)n3)C(C)C)cn2)cn1. The van der Waals surface area contributed by atoms with Gasteiger partial charge >= 0.3 is 0 Å². The van der Waals surface area contributed by atoms with E-state index in [0.717, 1.165) is 34.8 Å². The number of nitrogens with one attached hydrogen (secondary N) is 1. The van der Waals surface area contributed by atoms with Gasteiger partial charge in [0, 0.05) is 42.1 Å². The van der Waals surface area contributed by atoms with Crippen molar-refractivity contribution in [2.45, 2.75) is 52.5 Å². The van der Waals surface area contributed by atoms with Crippen molar-refractivity contribution in [1.82, 2.24) is 35.3 Å². The lowest BCUT2D eigenvalue weighted by atomic mass is 9.73. The molecule has 1 aliphatic heterocycles. The van der Waals surface area contributed by atoms with Crippen LogP contribution in [0, 0.1) is 5.92 Å². The van der Waals surface area contributed by atoms with E-state index in [1.54, 1.807) is 12.4 Å². The Balaban J connectivity index is 1.42. The highest BCUT2D eigenvalue weighted by Gasteiger charge is 2.38. The fraction of sp³-hybridized carbons (Fsp3) is 0.360. The molecule has 2 atom stereocenters. The predicted molar refractivity (Wildman–Crippen MR) is 129 cm³/mol. The maximum atomic E-state index is 5.52. The third-order valence-corrected chi connectivity index (χ3v) is 6.88. The molecule has 0 spiro atoms. The van der Waals surface area contributed by atoms with Crippen LogP contribution in [0.25, 0.3) is 22.7 Å². The van der Waals surface area contributed by atoms with Crippen LogP contribution in [0.3, 0.4) is 0 Å². The summed E-state index contributed by atoms with van der Waals surface area (Å²) in [6.07, 6.45) is 12.2. The summed E-state index contributed by atoms with van der Waals surface area (Å²) in [7, 11) is 0. The lowest BCUT2D eigenvalue weighted by Crippen LogP contribution is -2.31. The minimum Gasteiger partial charge on any atom is -0.334 e. The molecule has 1 aliphatic rings. The zero-order chi connectivity index (χ0) is 23.9. The first-order valence-corrected chi connectivity index (χ1v) is 11.5. The molecule has 5 rings (SSSR count). The quantitative estimate of drug-likeness (QED) is 0.442. The van der Waals surface area contributed by atoms with Crippen molar-refractivity contribution in [3.8, 4) is 22.7 Å². The van der Waals surface area contributed by atoms with Crippen molar-refractivity contribution in [2.75, 3.05) is 4.90 Å². The smallest absolute Gasteiger partial charge is 0.261 e. The van der Waals surface area contributed by atoms with Gasteiger partial charge in [0.05, 0.1) is 22.9 Å². The van der Waals surface area contributed by atoms with Gasteiger partial charge in [-0.15, -0.1) is 0 Å². The van der Waals surface area contributed by atoms with Gasteiger partial charge in [-0.3, -0.25) is 10.1 Å². The summed E-state index contributed by atoms with van der Waals surface area (Å²) < 4.78 is 5.52. The molecule has 0 radical (unpaired) electrons. The standard InChI is InChI=1S/C25H28N8O/c1-15(2)25(5,23-31-22(34-32-23)19-12-29-30-13-19)20-8-9-21(26-14-20)18-10-27-24(28-11-18)33-16(3)6-7-17(33)4/h6,8-15,17H,7H2,1-5H3,(H,29,30). The molecule has 5 heterocycles. The Morgan fingerprint density at radius 1 is 1.09 bits per heavy atom. The number of nitrogens with zero attached hydrogens (tertiary/aromatic N) is 7. The molecule has 0 bridgehead atoms. The number of H-pyrrole nitrogens is 1. The van der Waals surface area contributed by atoms with Crippen LogP contribution < -0.4 is 4.90 Å². The maximum absolute atomic E-state index is 5.52. The average molecular weight is 457 g/mol. The highest BCUT2D eigenvalue weighted by atomic mass is 16.5. The van der Waals surface area contributed by atoms with Crippen LogP contribution in [-0.2, 0) is 5.41 Å². The van der Waals surface area contributed by atoms with Gasteiger partial charge in [-0.25, -0.2) is 9.97 Å². The van der Waals surface area contributed by atoms with E-state index in [9.17, 15) is 0 Å². The Labute approximate surface area is 198 Å². The Kier molecular flexibility index (Phi) is 5.47. The van der Waals surface area contributed by atoms with E-state index in [1.165, 1.54) is 5.70 Å². The van der Waals surface area contributed by atoms with Crippen molar-refractivity contribution in [3.05, 3.63) is 66.3 Å². The number of rotatable bonds is 6. The number of anilines is 1. The summed E-state index contributed by atoms with van der Waals surface area (Å²) in [6.45, 7) is 10.7. The molecule has 4 aromatic heterocycles. The highest BCUT2D eigenvalue weighted by molar-refractivity contribution is 5.59. The average Bonchev–Trinajstić information content (AvgIpc) is 3.60. The third kappa shape index (κ3) is 3.67. The van der Waals surface area contributed by atoms with Crippen molar-refractivity contribution < 1.29 is 4.52 Å². The fourth-order valence-electron chi connectivity index (χ4n) is 4.34. The van der Waals surface area contributed by atoms with Crippen LogP contribution in [0.4, 0.5) is 5.95 Å². The molecule has 0 saturated heterocycles. The molecule has 0 fully saturated rings. The molecule has 2 unspecified atom stereocenters. The van der Waals surface area contributed by atoms with Crippen molar-refractivity contribution in [2.24, 2.45) is 5.92 Å². The number of hydrogen-bond acceptors (Lipinski definition) is 8. The minimum absolute atomic E-state index is 0.205. The summed E-state index contributed by atoms with van der Waals surface area (Å²) in [6, 6.07) is 4.44. The first-order chi connectivity index (χ1) is 16.4. The molecule has 9 nitrogen and oxygen atoms in total. The van der Waals surface area contributed by atoms with E-state index in [2.05, 4.69) is 82.0 Å². The summed E-state index contributed by atoms with van der Waals surface area (Å²) >= 11 is 0. The molecule has 4 aromatic rings. The zero-order valence-electron chi connectivity index (χ0n) is 20.0. The summed E-state index contributed by atoms with van der Waals surface area (Å²) in [5.74, 6) is 1.98. The van der Waals surface area contributed by atoms with Gasteiger partial charge in [0.25, 0.3) is 5.89 Å². The predicted octanol–water partition coefficient (Wildman–Crippen LogP) is 4.78. The molecule has 0 aromatic carbocycles. The highest BCUT2D eigenvalue weighted by Crippen LogP contribution is 2.38. The van der Waals surface area contributed by atoms with Crippen LogP contribution in [0.5, 0.6) is 0 Å². The summed E-state index contributed by atoms with van der Waals surface area (Å²) in [5, 5.41) is 11.0. The number of pyridine rings is 1. The van der Waals surface area contributed by atoms with Crippen LogP contribution in [0.2, 0.25) is 0 Å². The molecule has 174 valence electrons. The molecular weight excluding hydrogens is 428 g/mol. The second-order valence-electron chi connectivity index (χ2n) is 9.27. The van der Waals surface area contributed by atoms with Crippen LogP contribution in [0.1, 0.15) is 52.4 Å². The molecule has 0 saturated carbocycles. The van der Waals surface area contributed by atoms with Crippen LogP contribution in [0.15, 0.2) is 59.4 Å². The monoisotopic (exact) mass is 456 g/mol. The fourth-order valence-corrected chi connectivity index (χ4v) is 4.34. The van der Waals surface area contributed by atoms with Gasteiger partial charge < -0.3 is 9.42 Å². The Morgan fingerprint density at radius 3 is 2.47 bits per heavy atom. The van der Waals surface area contributed by atoms with Gasteiger partial charge in [0.15, 0.2) is 5.82 Å². The normalized spacial score (nSPS) is 17.8. The van der Waals surface area contributed by atoms with Gasteiger partial charge in [-0.05, 0) is 44.7 Å². The van der Waals surface area contributed by atoms with E-state index >= 15 is 0 Å². The molecule has 1 N–H and O–H groups in total. The van der Waals surface area contributed by atoms with Gasteiger partial charge in [0.2, 0.25) is 5.95 Å². The number of aromatic amines is 1. The lowest BCUT2D eigenvalue weighted by Gasteiger charge is -2.30. The first kappa shape index (κ1) is 21.9. The first-order valence-electron chi connectivity index (χ1n) is 11.5. The number of aromatic nitrogens is 7. The van der Waals surface area contributed by atoms with Gasteiger partial charge in [-0.1, -0.05) is 31.1 Å². The summed E-state index contributed by atoms with van der Waals surface area (Å²) in [5.41, 5.74) is 4.17. The second-order valence-corrected chi connectivity index (χ2v) is 9.27. The molecule has 9 heteroatoms. The van der Waals surface area contributed by atoms with Crippen molar-refractivity contribution in [1.29, 1.82) is 0 Å². The number of allylic oxidation sites excluding steroid dienone is 1. The third-order valence-electron chi connectivity index (χ3n) is 6.88. The largest absolute Gasteiger partial charge is 0.334 e. The topological polar surface area (TPSA) is 110 Å². The maximum Gasteiger partial charge on any atom is 0.261 e. The zero-order valence-corrected chi connectivity index (χ0v) is 20.0. The van der Waals surface area contributed by atoms with E-state index in [-0.39, 0.29) is 5.92 Å². The second kappa shape index (κ2) is 8.48. The molecule has 0 amide bonds. The van der Waals surface area contributed by atoms with Gasteiger partial charge in [-0.2, -0.15) is 10.1 Å². The molecule has 0 aliphatic carbocycles. The Hall–Kier alpha value is -3.88. The number of hydrogen-bond donors (Lipinski definition) is 1. The molecule has 34 heavy (non-hydrogen) atoms. The lowest BCUT2D eigenvalue weighted by molar-refractivity contribution is 0.350. The van der Waals surface area contributed by atoms with E-state index < -0.39 is 5.41 Å².